The van der Waals surface area contributed by atoms with Gasteiger partial charge in [-0.25, -0.2) is 0 Å². The number of fused-ring (bicyclic) bond motifs is 5. The van der Waals surface area contributed by atoms with E-state index in [4.69, 9.17) is 5.11 Å². The lowest BCUT2D eigenvalue weighted by atomic mass is 9.44. The van der Waals surface area contributed by atoms with Crippen LogP contribution in [0, 0.1) is 52.3 Å². The summed E-state index contributed by atoms with van der Waals surface area (Å²) in [5.41, 5.74) is 0.937. The lowest BCUT2D eigenvalue weighted by Crippen LogP contribution is -2.53. The van der Waals surface area contributed by atoms with Crippen LogP contribution in [-0.4, -0.2) is 21.9 Å². The van der Waals surface area contributed by atoms with E-state index in [0.29, 0.717) is 29.1 Å². The van der Waals surface area contributed by atoms with Gasteiger partial charge in [0.05, 0.1) is 0 Å². The number of carboxylic acid groups (broad SMARTS) is 1. The molecule has 1 N–H and O–H groups in total. The Labute approximate surface area is 193 Å². The van der Waals surface area contributed by atoms with Gasteiger partial charge >= 0.3 is 5.97 Å². The van der Waals surface area contributed by atoms with Crippen LogP contribution in [0.25, 0.3) is 0 Å². The number of aliphatic carboxylic acids is 1. The van der Waals surface area contributed by atoms with Gasteiger partial charge in [-0.3, -0.25) is 9.59 Å². The highest BCUT2D eigenvalue weighted by Crippen LogP contribution is 2.68. The van der Waals surface area contributed by atoms with Crippen molar-refractivity contribution in [1.29, 1.82) is 0 Å². The summed E-state index contributed by atoms with van der Waals surface area (Å²) < 4.78 is 0. The first-order valence-corrected chi connectivity index (χ1v) is 14.0. The molecule has 9 unspecified atom stereocenters. The molecule has 0 radical (unpaired) electrons. The molecule has 4 saturated carbocycles. The van der Waals surface area contributed by atoms with Crippen molar-refractivity contribution in [2.24, 2.45) is 52.3 Å². The molecule has 0 amide bonds. The maximum Gasteiger partial charge on any atom is 0.303 e. The second kappa shape index (κ2) is 9.03. The van der Waals surface area contributed by atoms with Crippen molar-refractivity contribution in [2.75, 3.05) is 5.75 Å². The van der Waals surface area contributed by atoms with E-state index in [2.05, 4.69) is 20.8 Å². The Morgan fingerprint density at radius 1 is 1.00 bits per heavy atom. The smallest absolute Gasteiger partial charge is 0.303 e. The standard InChI is InChI=1S/C27H44O3S/c1-17(5-10-25(29)30)22-8-9-23-21-7-6-20-15-19(16-31-18(2)28)11-13-26(20,3)24(21)12-14-27(22,23)4/h17,19-24H,5-16H2,1-4H3,(H,29,30). The van der Waals surface area contributed by atoms with Crippen LogP contribution < -0.4 is 0 Å². The predicted octanol–water partition coefficient (Wildman–Crippen LogP) is 7.04. The van der Waals surface area contributed by atoms with Gasteiger partial charge in [-0.2, -0.15) is 0 Å². The Kier molecular flexibility index (Phi) is 6.89. The Morgan fingerprint density at radius 2 is 1.71 bits per heavy atom. The Morgan fingerprint density at radius 3 is 2.42 bits per heavy atom. The molecule has 4 heteroatoms. The fourth-order valence-electron chi connectivity index (χ4n) is 9.26. The van der Waals surface area contributed by atoms with E-state index < -0.39 is 5.97 Å². The summed E-state index contributed by atoms with van der Waals surface area (Å²) in [4.78, 5) is 22.6. The van der Waals surface area contributed by atoms with Crippen LogP contribution in [0.2, 0.25) is 0 Å². The van der Waals surface area contributed by atoms with Gasteiger partial charge < -0.3 is 5.11 Å². The van der Waals surface area contributed by atoms with Gasteiger partial charge in [-0.1, -0.05) is 32.5 Å². The Balaban J connectivity index is 1.44. The van der Waals surface area contributed by atoms with Gasteiger partial charge in [0, 0.05) is 19.1 Å². The summed E-state index contributed by atoms with van der Waals surface area (Å²) in [7, 11) is 0. The minimum absolute atomic E-state index is 0.275. The van der Waals surface area contributed by atoms with Crippen LogP contribution in [0.4, 0.5) is 0 Å². The molecule has 4 rings (SSSR count). The zero-order valence-electron chi connectivity index (χ0n) is 20.2. The average molecular weight is 449 g/mol. The molecule has 0 aromatic carbocycles. The summed E-state index contributed by atoms with van der Waals surface area (Å²) in [6.45, 7) is 9.24. The Hall–Kier alpha value is -0.510. The zero-order chi connectivity index (χ0) is 22.4. The van der Waals surface area contributed by atoms with E-state index in [1.807, 2.05) is 0 Å². The summed E-state index contributed by atoms with van der Waals surface area (Å²) in [5.74, 6) is 5.86. The molecule has 4 fully saturated rings. The van der Waals surface area contributed by atoms with Crippen LogP contribution in [0.3, 0.4) is 0 Å². The van der Waals surface area contributed by atoms with Crippen molar-refractivity contribution in [3.63, 3.8) is 0 Å². The van der Waals surface area contributed by atoms with Crippen molar-refractivity contribution in [3.05, 3.63) is 0 Å². The molecule has 0 aromatic rings. The van der Waals surface area contributed by atoms with Gasteiger partial charge in [-0.05, 0) is 116 Å². The fraction of sp³-hybridized carbons (Fsp3) is 0.926. The van der Waals surface area contributed by atoms with Gasteiger partial charge in [0.1, 0.15) is 0 Å². The monoisotopic (exact) mass is 448 g/mol. The van der Waals surface area contributed by atoms with Crippen molar-refractivity contribution in [2.45, 2.75) is 98.3 Å². The summed E-state index contributed by atoms with van der Waals surface area (Å²) in [6, 6.07) is 0. The molecule has 0 saturated heterocycles. The molecule has 0 aliphatic heterocycles. The van der Waals surface area contributed by atoms with Gasteiger partial charge in [-0.15, -0.1) is 0 Å². The molecule has 9 atom stereocenters. The number of thioether (sulfide) groups is 1. The number of carbonyl (C=O) groups is 2. The molecule has 0 bridgehead atoms. The highest BCUT2D eigenvalue weighted by Gasteiger charge is 2.60. The number of rotatable bonds is 6. The van der Waals surface area contributed by atoms with E-state index in [1.165, 1.54) is 57.8 Å². The second-order valence-corrected chi connectivity index (χ2v) is 13.4. The quantitative estimate of drug-likeness (QED) is 0.473. The maximum absolute atomic E-state index is 11.4. The SMILES string of the molecule is CC(=O)SCC1CCC2(C)C(CCC3C2CCC2(C)C(C(C)CCC(=O)O)CCC32)C1. The normalized spacial score (nSPS) is 45.3. The Bertz CT molecular complexity index is 692. The van der Waals surface area contributed by atoms with Crippen molar-refractivity contribution in [1.82, 2.24) is 0 Å². The lowest BCUT2D eigenvalue weighted by molar-refractivity contribution is -0.138. The third kappa shape index (κ3) is 4.36. The lowest BCUT2D eigenvalue weighted by Gasteiger charge is -2.61. The molecule has 176 valence electrons. The van der Waals surface area contributed by atoms with Gasteiger partial charge in [0.25, 0.3) is 0 Å². The minimum Gasteiger partial charge on any atom is -0.481 e. The average Bonchev–Trinajstić information content (AvgIpc) is 3.07. The number of hydrogen-bond acceptors (Lipinski definition) is 3. The first-order chi connectivity index (χ1) is 14.6. The van der Waals surface area contributed by atoms with E-state index >= 15 is 0 Å². The predicted molar refractivity (Wildman–Crippen MR) is 128 cm³/mol. The maximum atomic E-state index is 11.4. The molecule has 0 aromatic heterocycles. The van der Waals surface area contributed by atoms with Crippen LogP contribution in [0.5, 0.6) is 0 Å². The highest BCUT2D eigenvalue weighted by atomic mass is 32.2. The fourth-order valence-corrected chi connectivity index (χ4v) is 10.0. The largest absolute Gasteiger partial charge is 0.481 e. The van der Waals surface area contributed by atoms with Crippen LogP contribution in [0.1, 0.15) is 98.3 Å². The third-order valence-corrected chi connectivity index (χ3v) is 11.9. The third-order valence-electron chi connectivity index (χ3n) is 10.9. The second-order valence-electron chi connectivity index (χ2n) is 12.2. The van der Waals surface area contributed by atoms with E-state index in [1.54, 1.807) is 18.7 Å². The first kappa shape index (κ1) is 23.6. The molecule has 0 heterocycles. The topological polar surface area (TPSA) is 54.4 Å². The molecule has 4 aliphatic carbocycles. The number of carbonyl (C=O) groups excluding carboxylic acids is 1. The van der Waals surface area contributed by atoms with E-state index in [0.717, 1.165) is 41.8 Å². The van der Waals surface area contributed by atoms with Crippen molar-refractivity contribution < 1.29 is 14.7 Å². The van der Waals surface area contributed by atoms with E-state index in [-0.39, 0.29) is 5.12 Å². The molecule has 31 heavy (non-hydrogen) atoms. The van der Waals surface area contributed by atoms with Crippen molar-refractivity contribution >= 4 is 22.8 Å². The molecule has 4 aliphatic rings. The minimum atomic E-state index is -0.640. The van der Waals surface area contributed by atoms with E-state index in [9.17, 15) is 9.59 Å². The summed E-state index contributed by atoms with van der Waals surface area (Å²) >= 11 is 1.54. The van der Waals surface area contributed by atoms with Crippen molar-refractivity contribution in [3.8, 4) is 0 Å². The number of hydrogen-bond donors (Lipinski definition) is 1. The summed E-state index contributed by atoms with van der Waals surface area (Å²) in [6.07, 6.45) is 13.4. The molecule has 0 spiro atoms. The van der Waals surface area contributed by atoms with Gasteiger partial charge in [0.15, 0.2) is 5.12 Å². The van der Waals surface area contributed by atoms with Crippen LogP contribution in [-0.2, 0) is 9.59 Å². The molecular weight excluding hydrogens is 404 g/mol. The first-order valence-electron chi connectivity index (χ1n) is 13.0. The zero-order valence-corrected chi connectivity index (χ0v) is 21.0. The molecule has 3 nitrogen and oxygen atoms in total. The van der Waals surface area contributed by atoms with Crippen LogP contribution >= 0.6 is 11.8 Å². The highest BCUT2D eigenvalue weighted by molar-refractivity contribution is 8.13. The van der Waals surface area contributed by atoms with Gasteiger partial charge in [0.2, 0.25) is 0 Å². The van der Waals surface area contributed by atoms with Crippen LogP contribution in [0.15, 0.2) is 0 Å². The molecular formula is C27H44O3S. The summed E-state index contributed by atoms with van der Waals surface area (Å²) in [5, 5.41) is 9.43. The number of carboxylic acids is 1.